The summed E-state index contributed by atoms with van der Waals surface area (Å²) >= 11 is 5.84. The second-order valence-corrected chi connectivity index (χ2v) is 8.51. The van der Waals surface area contributed by atoms with Crippen molar-refractivity contribution in [1.29, 1.82) is 0 Å². The molecule has 0 saturated carbocycles. The smallest absolute Gasteiger partial charge is 0.407 e. The Morgan fingerprint density at radius 1 is 1.03 bits per heavy atom. The summed E-state index contributed by atoms with van der Waals surface area (Å²) < 4.78 is 16.8. The van der Waals surface area contributed by atoms with Crippen molar-refractivity contribution < 1.29 is 23.8 Å². The fourth-order valence-electron chi connectivity index (χ4n) is 2.64. The van der Waals surface area contributed by atoms with E-state index in [1.807, 2.05) is 51.1 Å². The van der Waals surface area contributed by atoms with Gasteiger partial charge in [0.25, 0.3) is 0 Å². The highest BCUT2D eigenvalue weighted by molar-refractivity contribution is 6.30. The molecule has 0 heterocycles. The van der Waals surface area contributed by atoms with Gasteiger partial charge in [0.05, 0.1) is 12.7 Å². The number of alkyl carbamates (subject to hydrolysis) is 1. The normalized spacial score (nSPS) is 12.3. The summed E-state index contributed by atoms with van der Waals surface area (Å²) in [5.74, 6) is -0.120. The molecule has 168 valence electrons. The first-order valence-electron chi connectivity index (χ1n) is 10.2. The van der Waals surface area contributed by atoms with Crippen LogP contribution < -0.4 is 5.32 Å². The van der Waals surface area contributed by atoms with Gasteiger partial charge in [-0.3, -0.25) is 4.79 Å². The SMILES string of the molecule is CC(C)(C)OC(=O)NC[C@H](CCOCC(=O)c1ccc(Cl)cc1)OCc1ccccc1. The maximum absolute atomic E-state index is 12.2. The van der Waals surface area contributed by atoms with Crippen LogP contribution in [0.25, 0.3) is 0 Å². The number of halogens is 1. The molecular formula is C24H30ClNO5. The van der Waals surface area contributed by atoms with Crippen LogP contribution in [-0.2, 0) is 20.8 Å². The molecule has 2 aromatic rings. The number of Topliss-reactive ketones (excluding diaryl/α,β-unsaturated/α-hetero) is 1. The van der Waals surface area contributed by atoms with E-state index in [-0.39, 0.29) is 25.0 Å². The van der Waals surface area contributed by atoms with E-state index >= 15 is 0 Å². The van der Waals surface area contributed by atoms with Crippen molar-refractivity contribution in [2.45, 2.75) is 45.5 Å². The van der Waals surface area contributed by atoms with E-state index in [4.69, 9.17) is 25.8 Å². The van der Waals surface area contributed by atoms with Gasteiger partial charge in [-0.1, -0.05) is 41.9 Å². The van der Waals surface area contributed by atoms with Crippen LogP contribution in [-0.4, -0.2) is 43.3 Å². The first-order valence-corrected chi connectivity index (χ1v) is 10.6. The Labute approximate surface area is 188 Å². The first kappa shape index (κ1) is 24.9. The summed E-state index contributed by atoms with van der Waals surface area (Å²) in [4.78, 5) is 24.1. The third-order valence-electron chi connectivity index (χ3n) is 4.18. The predicted molar refractivity (Wildman–Crippen MR) is 120 cm³/mol. The van der Waals surface area contributed by atoms with Crippen molar-refractivity contribution in [1.82, 2.24) is 5.32 Å². The second kappa shape index (κ2) is 12.4. The van der Waals surface area contributed by atoms with Crippen LogP contribution in [0.15, 0.2) is 54.6 Å². The number of amides is 1. The molecule has 0 aliphatic heterocycles. The Kier molecular flexibility index (Phi) is 9.98. The molecule has 6 nitrogen and oxygen atoms in total. The molecular weight excluding hydrogens is 418 g/mol. The Bertz CT molecular complexity index is 818. The molecule has 2 aromatic carbocycles. The molecule has 0 aliphatic carbocycles. The van der Waals surface area contributed by atoms with E-state index in [9.17, 15) is 9.59 Å². The van der Waals surface area contributed by atoms with E-state index in [2.05, 4.69) is 5.32 Å². The number of rotatable bonds is 11. The Morgan fingerprint density at radius 2 is 1.71 bits per heavy atom. The van der Waals surface area contributed by atoms with Crippen LogP contribution in [0.5, 0.6) is 0 Å². The lowest BCUT2D eigenvalue weighted by Crippen LogP contribution is -2.38. The highest BCUT2D eigenvalue weighted by atomic mass is 35.5. The van der Waals surface area contributed by atoms with Crippen molar-refractivity contribution in [3.8, 4) is 0 Å². The van der Waals surface area contributed by atoms with Gasteiger partial charge in [0, 0.05) is 23.7 Å². The number of hydrogen-bond acceptors (Lipinski definition) is 5. The molecule has 0 spiro atoms. The maximum atomic E-state index is 12.2. The van der Waals surface area contributed by atoms with Crippen LogP contribution >= 0.6 is 11.6 Å². The highest BCUT2D eigenvalue weighted by Crippen LogP contribution is 2.11. The zero-order valence-corrected chi connectivity index (χ0v) is 19.0. The number of carbonyl (C=O) groups is 2. The van der Waals surface area contributed by atoms with Gasteiger partial charge in [-0.05, 0) is 57.0 Å². The Hall–Kier alpha value is -2.41. The van der Waals surface area contributed by atoms with Crippen LogP contribution in [0.1, 0.15) is 43.1 Å². The molecule has 0 aliphatic rings. The maximum Gasteiger partial charge on any atom is 0.407 e. The molecule has 2 rings (SSSR count). The summed E-state index contributed by atoms with van der Waals surface area (Å²) in [6.07, 6.45) is -0.283. The zero-order chi connectivity index (χ0) is 22.7. The first-order chi connectivity index (χ1) is 14.7. The molecule has 1 atom stereocenters. The summed E-state index contributed by atoms with van der Waals surface area (Å²) in [7, 11) is 0. The quantitative estimate of drug-likeness (QED) is 0.386. The minimum Gasteiger partial charge on any atom is -0.444 e. The largest absolute Gasteiger partial charge is 0.444 e. The van der Waals surface area contributed by atoms with Crippen molar-refractivity contribution in [2.24, 2.45) is 0 Å². The molecule has 0 unspecified atom stereocenters. The number of benzene rings is 2. The van der Waals surface area contributed by atoms with Crippen LogP contribution in [0.3, 0.4) is 0 Å². The zero-order valence-electron chi connectivity index (χ0n) is 18.2. The minimum absolute atomic E-state index is 0.0352. The van der Waals surface area contributed by atoms with Gasteiger partial charge in [0.1, 0.15) is 12.2 Å². The van der Waals surface area contributed by atoms with Gasteiger partial charge >= 0.3 is 6.09 Å². The summed E-state index contributed by atoms with van der Waals surface area (Å²) in [5, 5.41) is 3.31. The standard InChI is InChI=1S/C24H30ClNO5/c1-24(2,3)31-23(28)26-15-21(30-16-18-7-5-4-6-8-18)13-14-29-17-22(27)19-9-11-20(25)12-10-19/h4-12,21H,13-17H2,1-3H3,(H,26,28)/t21-/m0/s1. The number of carbonyl (C=O) groups excluding carboxylic acids is 2. The molecule has 1 N–H and O–H groups in total. The van der Waals surface area contributed by atoms with Gasteiger partial charge in [-0.15, -0.1) is 0 Å². The van der Waals surface area contributed by atoms with Gasteiger partial charge < -0.3 is 19.5 Å². The van der Waals surface area contributed by atoms with Crippen LogP contribution in [0, 0.1) is 0 Å². The van der Waals surface area contributed by atoms with E-state index < -0.39 is 11.7 Å². The van der Waals surface area contributed by atoms with E-state index in [1.54, 1.807) is 24.3 Å². The summed E-state index contributed by atoms with van der Waals surface area (Å²) in [6.45, 7) is 6.38. The second-order valence-electron chi connectivity index (χ2n) is 8.07. The number of ether oxygens (including phenoxy) is 3. The number of nitrogens with one attached hydrogen (secondary N) is 1. The van der Waals surface area contributed by atoms with E-state index in [1.165, 1.54) is 0 Å². The lowest BCUT2D eigenvalue weighted by atomic mass is 10.1. The molecule has 0 radical (unpaired) electrons. The summed E-state index contributed by atoms with van der Waals surface area (Å²) in [6, 6.07) is 16.5. The van der Waals surface area contributed by atoms with Gasteiger partial charge in [-0.2, -0.15) is 0 Å². The van der Waals surface area contributed by atoms with Crippen molar-refractivity contribution in [3.63, 3.8) is 0 Å². The number of hydrogen-bond donors (Lipinski definition) is 1. The number of ketones is 1. The van der Waals surface area contributed by atoms with E-state index in [0.29, 0.717) is 30.2 Å². The van der Waals surface area contributed by atoms with Gasteiger partial charge in [0.15, 0.2) is 5.78 Å². The molecule has 7 heteroatoms. The lowest BCUT2D eigenvalue weighted by Gasteiger charge is -2.22. The molecule has 0 fully saturated rings. The average molecular weight is 448 g/mol. The minimum atomic E-state index is -0.574. The molecule has 0 saturated heterocycles. The fourth-order valence-corrected chi connectivity index (χ4v) is 2.77. The summed E-state index contributed by atoms with van der Waals surface area (Å²) in [5.41, 5.74) is 1.01. The van der Waals surface area contributed by atoms with E-state index in [0.717, 1.165) is 5.56 Å². The Balaban J connectivity index is 1.81. The molecule has 31 heavy (non-hydrogen) atoms. The molecule has 1 amide bonds. The molecule has 0 aromatic heterocycles. The lowest BCUT2D eigenvalue weighted by molar-refractivity contribution is 0.00818. The van der Waals surface area contributed by atoms with Crippen molar-refractivity contribution >= 4 is 23.5 Å². The average Bonchev–Trinajstić information content (AvgIpc) is 2.72. The van der Waals surface area contributed by atoms with Gasteiger partial charge in [-0.25, -0.2) is 4.79 Å². The predicted octanol–water partition coefficient (Wildman–Crippen LogP) is 5.04. The topological polar surface area (TPSA) is 73.9 Å². The van der Waals surface area contributed by atoms with Gasteiger partial charge in [0.2, 0.25) is 0 Å². The van der Waals surface area contributed by atoms with Crippen LogP contribution in [0.2, 0.25) is 5.02 Å². The Morgan fingerprint density at radius 3 is 2.35 bits per heavy atom. The fraction of sp³-hybridized carbons (Fsp3) is 0.417. The van der Waals surface area contributed by atoms with Crippen molar-refractivity contribution in [2.75, 3.05) is 19.8 Å². The van der Waals surface area contributed by atoms with Crippen LogP contribution in [0.4, 0.5) is 4.79 Å². The van der Waals surface area contributed by atoms with Crippen molar-refractivity contribution in [3.05, 3.63) is 70.7 Å². The third kappa shape index (κ3) is 10.4. The molecule has 0 bridgehead atoms. The third-order valence-corrected chi connectivity index (χ3v) is 4.44. The highest BCUT2D eigenvalue weighted by Gasteiger charge is 2.18. The monoisotopic (exact) mass is 447 g/mol.